The van der Waals surface area contributed by atoms with Crippen LogP contribution in [-0.2, 0) is 17.6 Å². The molecule has 0 fully saturated rings. The van der Waals surface area contributed by atoms with E-state index >= 15 is 0 Å². The molecule has 0 saturated carbocycles. The second-order valence-electron chi connectivity index (χ2n) is 6.30. The number of anilines is 1. The summed E-state index contributed by atoms with van der Waals surface area (Å²) in [5.41, 5.74) is 2.02. The lowest BCUT2D eigenvalue weighted by molar-refractivity contribution is -0.115. The van der Waals surface area contributed by atoms with Crippen molar-refractivity contribution in [3.63, 3.8) is 0 Å². The molecule has 2 aromatic heterocycles. The number of hydrogen-bond acceptors (Lipinski definition) is 5. The molecule has 0 saturated heterocycles. The molecule has 0 radical (unpaired) electrons. The van der Waals surface area contributed by atoms with Crippen molar-refractivity contribution in [2.75, 3.05) is 5.32 Å². The molecule has 1 N–H and O–H groups in total. The monoisotopic (exact) mass is 403 g/mol. The Hall–Kier alpha value is -1.63. The molecule has 2 heterocycles. The van der Waals surface area contributed by atoms with Crippen molar-refractivity contribution in [3.05, 3.63) is 46.1 Å². The third-order valence-corrected chi connectivity index (χ3v) is 7.14. The average Bonchev–Trinajstić information content (AvgIpc) is 3.03. The number of aromatic nitrogens is 2. The van der Waals surface area contributed by atoms with Crippen LogP contribution in [0.3, 0.4) is 0 Å². The van der Waals surface area contributed by atoms with E-state index in [-0.39, 0.29) is 11.2 Å². The molecule has 26 heavy (non-hydrogen) atoms. The molecule has 1 aliphatic rings. The fourth-order valence-electron chi connectivity index (χ4n) is 3.17. The SMILES string of the molecule is CC(Sc1ncnc2sc3c(c12)CCCC3)C(=O)Nc1ccccc1Cl. The predicted molar refractivity (Wildman–Crippen MR) is 109 cm³/mol. The van der Waals surface area contributed by atoms with Gasteiger partial charge in [0.1, 0.15) is 16.2 Å². The minimum atomic E-state index is -0.288. The average molecular weight is 404 g/mol. The standard InChI is InChI=1S/C19H18ClN3OS2/c1-11(17(24)23-14-8-4-3-7-13(14)20)25-18-16-12-6-2-5-9-15(12)26-19(16)22-10-21-18/h3-4,7-8,10-11H,2,5-6,9H2,1H3,(H,23,24). The minimum absolute atomic E-state index is 0.0843. The van der Waals surface area contributed by atoms with E-state index < -0.39 is 0 Å². The van der Waals surface area contributed by atoms with Gasteiger partial charge < -0.3 is 5.32 Å². The maximum Gasteiger partial charge on any atom is 0.237 e. The Balaban J connectivity index is 1.58. The van der Waals surface area contributed by atoms with E-state index in [1.807, 2.05) is 19.1 Å². The third kappa shape index (κ3) is 3.46. The summed E-state index contributed by atoms with van der Waals surface area (Å²) in [6, 6.07) is 7.26. The molecule has 0 aliphatic heterocycles. The van der Waals surface area contributed by atoms with Crippen LogP contribution in [-0.4, -0.2) is 21.1 Å². The molecule has 3 aromatic rings. The molecule has 1 aliphatic carbocycles. The molecule has 1 aromatic carbocycles. The number of thiophene rings is 1. The fourth-order valence-corrected chi connectivity index (χ4v) is 5.59. The zero-order valence-electron chi connectivity index (χ0n) is 14.3. The number of thioether (sulfide) groups is 1. The number of para-hydroxylation sites is 1. The number of nitrogens with zero attached hydrogens (tertiary/aromatic N) is 2. The third-order valence-electron chi connectivity index (χ3n) is 4.51. The lowest BCUT2D eigenvalue weighted by Crippen LogP contribution is -2.22. The minimum Gasteiger partial charge on any atom is -0.324 e. The Labute approximate surface area is 165 Å². The second kappa shape index (κ2) is 7.55. The van der Waals surface area contributed by atoms with Gasteiger partial charge in [-0.2, -0.15) is 0 Å². The van der Waals surface area contributed by atoms with Crippen LogP contribution in [0, 0.1) is 0 Å². The number of carbonyl (C=O) groups excluding carboxylic acids is 1. The molecule has 7 heteroatoms. The summed E-state index contributed by atoms with van der Waals surface area (Å²) in [6.07, 6.45) is 6.26. The first kappa shape index (κ1) is 17.8. The Kier molecular flexibility index (Phi) is 5.16. The van der Waals surface area contributed by atoms with Crippen LogP contribution in [0.15, 0.2) is 35.6 Å². The second-order valence-corrected chi connectivity index (χ2v) is 9.12. The van der Waals surface area contributed by atoms with Crippen molar-refractivity contribution in [1.82, 2.24) is 9.97 Å². The smallest absolute Gasteiger partial charge is 0.237 e. The zero-order chi connectivity index (χ0) is 18.1. The summed E-state index contributed by atoms with van der Waals surface area (Å²) in [7, 11) is 0. The van der Waals surface area contributed by atoms with Crippen molar-refractivity contribution in [3.8, 4) is 0 Å². The van der Waals surface area contributed by atoms with E-state index in [4.69, 9.17) is 11.6 Å². The van der Waals surface area contributed by atoms with Crippen LogP contribution >= 0.6 is 34.7 Å². The van der Waals surface area contributed by atoms with Crippen LogP contribution in [0.25, 0.3) is 10.2 Å². The van der Waals surface area contributed by atoms with Gasteiger partial charge >= 0.3 is 0 Å². The highest BCUT2D eigenvalue weighted by molar-refractivity contribution is 8.00. The summed E-state index contributed by atoms with van der Waals surface area (Å²) in [5.74, 6) is -0.0843. The van der Waals surface area contributed by atoms with E-state index in [9.17, 15) is 4.79 Å². The number of carbonyl (C=O) groups is 1. The summed E-state index contributed by atoms with van der Waals surface area (Å²) in [6.45, 7) is 1.89. The van der Waals surface area contributed by atoms with Crippen molar-refractivity contribution >= 4 is 56.5 Å². The van der Waals surface area contributed by atoms with Gasteiger partial charge in [0.25, 0.3) is 0 Å². The van der Waals surface area contributed by atoms with Crippen LogP contribution in [0.4, 0.5) is 5.69 Å². The van der Waals surface area contributed by atoms with Gasteiger partial charge in [0, 0.05) is 10.3 Å². The number of amides is 1. The molecule has 1 atom stereocenters. The van der Waals surface area contributed by atoms with Crippen molar-refractivity contribution in [2.24, 2.45) is 0 Å². The van der Waals surface area contributed by atoms with Crippen LogP contribution in [0.1, 0.15) is 30.2 Å². The Morgan fingerprint density at radius 2 is 2.08 bits per heavy atom. The fraction of sp³-hybridized carbons (Fsp3) is 0.316. The van der Waals surface area contributed by atoms with Gasteiger partial charge in [-0.15, -0.1) is 11.3 Å². The highest BCUT2D eigenvalue weighted by Gasteiger charge is 2.23. The Morgan fingerprint density at radius 3 is 2.92 bits per heavy atom. The van der Waals surface area contributed by atoms with Crippen molar-refractivity contribution in [1.29, 1.82) is 0 Å². The van der Waals surface area contributed by atoms with Crippen molar-refractivity contribution in [2.45, 2.75) is 42.9 Å². The van der Waals surface area contributed by atoms with Gasteiger partial charge in [0.05, 0.1) is 16.0 Å². The van der Waals surface area contributed by atoms with Gasteiger partial charge in [-0.05, 0) is 50.3 Å². The molecule has 1 amide bonds. The number of fused-ring (bicyclic) bond motifs is 3. The predicted octanol–water partition coefficient (Wildman–Crippen LogP) is 5.34. The lowest BCUT2D eigenvalue weighted by atomic mass is 9.97. The number of aryl methyl sites for hydroxylation is 2. The first-order chi connectivity index (χ1) is 12.6. The normalized spacial score (nSPS) is 14.8. The van der Waals surface area contributed by atoms with Crippen LogP contribution in [0.2, 0.25) is 5.02 Å². The van der Waals surface area contributed by atoms with E-state index in [1.54, 1.807) is 29.8 Å². The number of hydrogen-bond donors (Lipinski definition) is 1. The summed E-state index contributed by atoms with van der Waals surface area (Å²) < 4.78 is 0. The number of rotatable bonds is 4. The molecule has 1 unspecified atom stereocenters. The van der Waals surface area contributed by atoms with Crippen LogP contribution < -0.4 is 5.32 Å². The summed E-state index contributed by atoms with van der Waals surface area (Å²) in [4.78, 5) is 24.0. The van der Waals surface area contributed by atoms with Gasteiger partial charge in [0.15, 0.2) is 0 Å². The maximum absolute atomic E-state index is 12.6. The van der Waals surface area contributed by atoms with E-state index in [2.05, 4.69) is 15.3 Å². The van der Waals surface area contributed by atoms with E-state index in [0.717, 1.165) is 28.1 Å². The number of nitrogens with one attached hydrogen (secondary N) is 1. The molecule has 134 valence electrons. The van der Waals surface area contributed by atoms with Gasteiger partial charge in [-0.1, -0.05) is 35.5 Å². The highest BCUT2D eigenvalue weighted by Crippen LogP contribution is 2.40. The van der Waals surface area contributed by atoms with E-state index in [0.29, 0.717) is 10.7 Å². The Morgan fingerprint density at radius 1 is 1.27 bits per heavy atom. The molecule has 4 rings (SSSR count). The molecule has 0 spiro atoms. The summed E-state index contributed by atoms with van der Waals surface area (Å²) >= 11 is 9.39. The molecular formula is C19H18ClN3OS2. The number of benzene rings is 1. The zero-order valence-corrected chi connectivity index (χ0v) is 16.7. The van der Waals surface area contributed by atoms with Gasteiger partial charge in [0.2, 0.25) is 5.91 Å². The Bertz CT molecular complexity index is 973. The molecule has 0 bridgehead atoms. The maximum atomic E-state index is 12.6. The highest BCUT2D eigenvalue weighted by atomic mass is 35.5. The van der Waals surface area contributed by atoms with Gasteiger partial charge in [-0.25, -0.2) is 9.97 Å². The van der Waals surface area contributed by atoms with E-state index in [1.165, 1.54) is 35.0 Å². The first-order valence-electron chi connectivity index (χ1n) is 8.61. The molecular weight excluding hydrogens is 386 g/mol. The van der Waals surface area contributed by atoms with Crippen LogP contribution in [0.5, 0.6) is 0 Å². The van der Waals surface area contributed by atoms with Crippen molar-refractivity contribution < 1.29 is 4.79 Å². The number of halogens is 1. The lowest BCUT2D eigenvalue weighted by Gasteiger charge is -2.14. The van der Waals surface area contributed by atoms with Gasteiger partial charge in [-0.3, -0.25) is 4.79 Å². The topological polar surface area (TPSA) is 54.9 Å². The largest absolute Gasteiger partial charge is 0.324 e. The molecule has 4 nitrogen and oxygen atoms in total. The quantitative estimate of drug-likeness (QED) is 0.471. The first-order valence-corrected chi connectivity index (χ1v) is 10.7. The summed E-state index contributed by atoms with van der Waals surface area (Å²) in [5, 5.41) is 5.20.